The highest BCUT2D eigenvalue weighted by molar-refractivity contribution is 6.22. The molecule has 0 spiro atoms. The number of nitrogens with zero attached hydrogens (tertiary/aromatic N) is 2. The van der Waals surface area contributed by atoms with Crippen molar-refractivity contribution in [2.24, 2.45) is 5.92 Å². The van der Waals surface area contributed by atoms with Crippen molar-refractivity contribution in [3.63, 3.8) is 0 Å². The molecule has 22 heavy (non-hydrogen) atoms. The predicted octanol–water partition coefficient (Wildman–Crippen LogP) is 1.02. The van der Waals surface area contributed by atoms with Gasteiger partial charge in [0.15, 0.2) is 0 Å². The third-order valence-corrected chi connectivity index (χ3v) is 3.23. The van der Waals surface area contributed by atoms with Gasteiger partial charge in [0.1, 0.15) is 6.29 Å². The summed E-state index contributed by atoms with van der Waals surface area (Å²) in [6.07, 6.45) is 0.542. The molecular formula is C14H16N2O6. The van der Waals surface area contributed by atoms with E-state index in [0.717, 1.165) is 18.1 Å². The Kier molecular flexibility index (Phi) is 5.47. The van der Waals surface area contributed by atoms with E-state index in [9.17, 15) is 24.5 Å². The van der Waals surface area contributed by atoms with Gasteiger partial charge in [-0.3, -0.25) is 24.6 Å². The number of non-ortho nitro benzene ring substituents is 1. The van der Waals surface area contributed by atoms with Crippen LogP contribution >= 0.6 is 0 Å². The number of fused-ring (bicyclic) bond motifs is 1. The Labute approximate surface area is 126 Å². The molecular weight excluding hydrogens is 292 g/mol. The maximum absolute atomic E-state index is 12.2. The third kappa shape index (κ3) is 2.86. The van der Waals surface area contributed by atoms with E-state index in [2.05, 4.69) is 0 Å². The number of aliphatic hydroxyl groups excluding tert-OH is 1. The van der Waals surface area contributed by atoms with Gasteiger partial charge in [0, 0.05) is 19.2 Å². The van der Waals surface area contributed by atoms with Gasteiger partial charge < -0.3 is 9.90 Å². The first kappa shape index (κ1) is 17.4. The fraction of sp³-hybridized carbons (Fsp3) is 0.357. The lowest BCUT2D eigenvalue weighted by Gasteiger charge is -2.24. The second-order valence-electron chi connectivity index (χ2n) is 4.84. The maximum atomic E-state index is 12.2. The van der Waals surface area contributed by atoms with Crippen molar-refractivity contribution in [2.75, 3.05) is 7.11 Å². The summed E-state index contributed by atoms with van der Waals surface area (Å²) in [5.74, 6) is -1.49. The number of aldehydes is 1. The number of nitro groups is 1. The molecule has 2 amide bonds. The number of benzene rings is 1. The van der Waals surface area contributed by atoms with Crippen LogP contribution in [0.25, 0.3) is 0 Å². The van der Waals surface area contributed by atoms with E-state index in [-0.39, 0.29) is 22.7 Å². The Hall–Kier alpha value is -2.61. The Morgan fingerprint density at radius 2 is 1.73 bits per heavy atom. The first-order chi connectivity index (χ1) is 10.4. The van der Waals surface area contributed by atoms with Crippen LogP contribution in [0.4, 0.5) is 5.69 Å². The van der Waals surface area contributed by atoms with E-state index < -0.39 is 22.8 Å². The van der Waals surface area contributed by atoms with Crippen molar-refractivity contribution < 1.29 is 24.4 Å². The molecule has 1 aliphatic heterocycles. The van der Waals surface area contributed by atoms with E-state index in [4.69, 9.17) is 5.11 Å². The normalized spacial score (nSPS) is 14.3. The van der Waals surface area contributed by atoms with Crippen LogP contribution in [-0.2, 0) is 4.79 Å². The van der Waals surface area contributed by atoms with Crippen LogP contribution in [0.2, 0.25) is 0 Å². The largest absolute Gasteiger partial charge is 0.400 e. The molecule has 0 aliphatic carbocycles. The van der Waals surface area contributed by atoms with E-state index in [1.807, 2.05) is 0 Å². The van der Waals surface area contributed by atoms with Gasteiger partial charge in [-0.25, -0.2) is 0 Å². The number of hydrogen-bond acceptors (Lipinski definition) is 6. The molecule has 2 rings (SSSR count). The van der Waals surface area contributed by atoms with Crippen LogP contribution in [0.1, 0.15) is 34.6 Å². The molecule has 1 atom stereocenters. The fourth-order valence-electron chi connectivity index (χ4n) is 2.15. The van der Waals surface area contributed by atoms with Gasteiger partial charge in [-0.05, 0) is 12.0 Å². The number of rotatable bonds is 4. The maximum Gasteiger partial charge on any atom is 0.270 e. The van der Waals surface area contributed by atoms with Crippen molar-refractivity contribution in [1.29, 1.82) is 0 Å². The summed E-state index contributed by atoms with van der Waals surface area (Å²) in [6, 6.07) is 2.60. The van der Waals surface area contributed by atoms with Crippen LogP contribution in [-0.4, -0.2) is 46.2 Å². The molecule has 1 aliphatic rings. The van der Waals surface area contributed by atoms with Crippen molar-refractivity contribution in [3.8, 4) is 0 Å². The number of aliphatic hydroxyl groups is 1. The zero-order valence-electron chi connectivity index (χ0n) is 12.3. The van der Waals surface area contributed by atoms with Crippen LogP contribution in [0.3, 0.4) is 0 Å². The van der Waals surface area contributed by atoms with Crippen molar-refractivity contribution in [1.82, 2.24) is 4.90 Å². The molecule has 0 saturated heterocycles. The van der Waals surface area contributed by atoms with Crippen LogP contribution in [0.5, 0.6) is 0 Å². The summed E-state index contributed by atoms with van der Waals surface area (Å²) in [5.41, 5.74) is -0.205. The minimum atomic E-state index is -0.874. The SMILES string of the molecule is CC(C)C(C=O)N1C(=O)c2ccc([N+](=O)[O-])cc2C1=O.CO. The molecule has 0 aromatic heterocycles. The molecule has 8 nitrogen and oxygen atoms in total. The van der Waals surface area contributed by atoms with Gasteiger partial charge in [0.25, 0.3) is 17.5 Å². The zero-order valence-corrected chi connectivity index (χ0v) is 12.3. The Morgan fingerprint density at radius 1 is 1.18 bits per heavy atom. The van der Waals surface area contributed by atoms with Gasteiger partial charge in [0.2, 0.25) is 0 Å². The molecule has 1 aromatic carbocycles. The number of carbonyl (C=O) groups is 3. The number of amides is 2. The van der Waals surface area contributed by atoms with Gasteiger partial charge in [-0.15, -0.1) is 0 Å². The molecule has 0 bridgehead atoms. The van der Waals surface area contributed by atoms with E-state index in [1.54, 1.807) is 13.8 Å². The first-order valence-electron chi connectivity index (χ1n) is 6.44. The van der Waals surface area contributed by atoms with Crippen LogP contribution in [0.15, 0.2) is 18.2 Å². The van der Waals surface area contributed by atoms with E-state index in [0.29, 0.717) is 6.29 Å². The van der Waals surface area contributed by atoms with Crippen LogP contribution < -0.4 is 0 Å². The molecule has 1 aromatic rings. The molecule has 1 heterocycles. The molecule has 0 fully saturated rings. The quantitative estimate of drug-likeness (QED) is 0.384. The minimum absolute atomic E-state index is 0.0308. The molecule has 0 radical (unpaired) electrons. The molecule has 118 valence electrons. The summed E-state index contributed by atoms with van der Waals surface area (Å²) in [7, 11) is 1.00. The second-order valence-corrected chi connectivity index (χ2v) is 4.84. The van der Waals surface area contributed by atoms with Gasteiger partial charge in [-0.1, -0.05) is 13.8 Å². The summed E-state index contributed by atoms with van der Waals surface area (Å²) in [5, 5.41) is 17.7. The fourth-order valence-corrected chi connectivity index (χ4v) is 2.15. The van der Waals surface area contributed by atoms with Gasteiger partial charge >= 0.3 is 0 Å². The Morgan fingerprint density at radius 3 is 2.18 bits per heavy atom. The summed E-state index contributed by atoms with van der Waals surface area (Å²) in [6.45, 7) is 3.43. The molecule has 1 unspecified atom stereocenters. The Bertz CT molecular complexity index is 626. The average molecular weight is 308 g/mol. The monoisotopic (exact) mass is 308 g/mol. The first-order valence-corrected chi connectivity index (χ1v) is 6.44. The number of nitro benzene ring substituents is 1. The molecule has 8 heteroatoms. The Balaban J connectivity index is 0.00000116. The second kappa shape index (κ2) is 6.90. The lowest BCUT2D eigenvalue weighted by Crippen LogP contribution is -2.43. The molecule has 0 saturated carbocycles. The summed E-state index contributed by atoms with van der Waals surface area (Å²) >= 11 is 0. The number of carbonyl (C=O) groups excluding carboxylic acids is 3. The topological polar surface area (TPSA) is 118 Å². The zero-order chi connectivity index (χ0) is 17.0. The third-order valence-electron chi connectivity index (χ3n) is 3.23. The average Bonchev–Trinajstić information content (AvgIpc) is 2.74. The standard InChI is InChI=1S/C13H12N2O5.CH4O/c1-7(2)11(6-16)14-12(17)9-4-3-8(15(19)20)5-10(9)13(14)18;1-2/h3-7,11H,1-2H3;2H,1H3. The molecule has 1 N–H and O–H groups in total. The van der Waals surface area contributed by atoms with Crippen molar-refractivity contribution in [2.45, 2.75) is 19.9 Å². The minimum Gasteiger partial charge on any atom is -0.400 e. The highest BCUT2D eigenvalue weighted by Crippen LogP contribution is 2.29. The summed E-state index contributed by atoms with van der Waals surface area (Å²) in [4.78, 5) is 46.4. The highest BCUT2D eigenvalue weighted by Gasteiger charge is 2.41. The van der Waals surface area contributed by atoms with Gasteiger partial charge in [0.05, 0.1) is 22.1 Å². The van der Waals surface area contributed by atoms with E-state index in [1.165, 1.54) is 12.1 Å². The van der Waals surface area contributed by atoms with Gasteiger partial charge in [-0.2, -0.15) is 0 Å². The van der Waals surface area contributed by atoms with Crippen molar-refractivity contribution >= 4 is 23.8 Å². The lowest BCUT2D eigenvalue weighted by molar-refractivity contribution is -0.384. The number of imide groups is 1. The highest BCUT2D eigenvalue weighted by atomic mass is 16.6. The number of hydrogen-bond donors (Lipinski definition) is 1. The van der Waals surface area contributed by atoms with E-state index >= 15 is 0 Å². The summed E-state index contributed by atoms with van der Waals surface area (Å²) < 4.78 is 0. The lowest BCUT2D eigenvalue weighted by atomic mass is 10.0. The van der Waals surface area contributed by atoms with Crippen LogP contribution in [0, 0.1) is 16.0 Å². The predicted molar refractivity (Wildman–Crippen MR) is 76.4 cm³/mol. The smallest absolute Gasteiger partial charge is 0.270 e. The van der Waals surface area contributed by atoms with Crippen molar-refractivity contribution in [3.05, 3.63) is 39.4 Å².